The summed E-state index contributed by atoms with van der Waals surface area (Å²) in [5.74, 6) is -0.675. The molecule has 3 fully saturated rings. The highest BCUT2D eigenvalue weighted by Crippen LogP contribution is 2.38. The van der Waals surface area contributed by atoms with Crippen LogP contribution in [0, 0.1) is 17.2 Å². The zero-order valence-electron chi connectivity index (χ0n) is 14.1. The van der Waals surface area contributed by atoms with Gasteiger partial charge in [-0.05, 0) is 44.4 Å². The molecule has 1 spiro atoms. The molecule has 1 heterocycles. The number of carbonyl (C=O) groups excluding carboxylic acids is 3. The fourth-order valence-corrected chi connectivity index (χ4v) is 4.33. The molecule has 24 heavy (non-hydrogen) atoms. The van der Waals surface area contributed by atoms with E-state index in [-0.39, 0.29) is 18.4 Å². The molecule has 1 saturated heterocycles. The Hall–Kier alpha value is -2.10. The van der Waals surface area contributed by atoms with Gasteiger partial charge >= 0.3 is 6.03 Å². The first kappa shape index (κ1) is 16.7. The van der Waals surface area contributed by atoms with Gasteiger partial charge in [-0.15, -0.1) is 0 Å². The molecule has 130 valence electrons. The number of rotatable bonds is 3. The van der Waals surface area contributed by atoms with Crippen LogP contribution in [-0.4, -0.2) is 40.4 Å². The topological polar surface area (TPSA) is 102 Å². The average molecular weight is 332 g/mol. The summed E-state index contributed by atoms with van der Waals surface area (Å²) in [4.78, 5) is 38.4. The predicted molar refractivity (Wildman–Crippen MR) is 85.6 cm³/mol. The van der Waals surface area contributed by atoms with Crippen LogP contribution in [0.1, 0.15) is 58.3 Å². The van der Waals surface area contributed by atoms with Crippen LogP contribution in [0.25, 0.3) is 0 Å². The average Bonchev–Trinajstić information content (AvgIpc) is 3.10. The predicted octanol–water partition coefficient (Wildman–Crippen LogP) is 1.44. The quantitative estimate of drug-likeness (QED) is 0.763. The first-order chi connectivity index (χ1) is 11.4. The minimum absolute atomic E-state index is 0.0658. The molecular weight excluding hydrogens is 308 g/mol. The molecule has 0 aromatic rings. The zero-order valence-corrected chi connectivity index (χ0v) is 14.1. The van der Waals surface area contributed by atoms with Gasteiger partial charge in [-0.3, -0.25) is 14.5 Å². The van der Waals surface area contributed by atoms with E-state index in [0.717, 1.165) is 37.0 Å². The van der Waals surface area contributed by atoms with Crippen LogP contribution in [0.5, 0.6) is 0 Å². The highest BCUT2D eigenvalue weighted by atomic mass is 16.2. The van der Waals surface area contributed by atoms with E-state index in [1.807, 2.05) is 6.92 Å². The summed E-state index contributed by atoms with van der Waals surface area (Å²) in [6.45, 7) is 1.66. The molecule has 2 N–H and O–H groups in total. The van der Waals surface area contributed by atoms with Crippen LogP contribution in [-0.2, 0) is 9.59 Å². The Morgan fingerprint density at radius 1 is 1.29 bits per heavy atom. The highest BCUT2D eigenvalue weighted by molar-refractivity contribution is 6.09. The van der Waals surface area contributed by atoms with Gasteiger partial charge in [-0.2, -0.15) is 5.26 Å². The fourth-order valence-electron chi connectivity index (χ4n) is 4.33. The SMILES string of the molecule is C[C@H]1CCCC[C@@]12NC(=O)N(CC(=O)NC1(C#N)CCCC1)C2=O. The van der Waals surface area contributed by atoms with Crippen molar-refractivity contribution in [3.8, 4) is 6.07 Å². The zero-order chi connectivity index (χ0) is 17.4. The molecule has 0 unspecified atom stereocenters. The second-order valence-electron chi connectivity index (χ2n) is 7.39. The van der Waals surface area contributed by atoms with E-state index in [1.165, 1.54) is 0 Å². The number of nitrogens with one attached hydrogen (secondary N) is 2. The second kappa shape index (κ2) is 6.08. The Morgan fingerprint density at radius 2 is 1.96 bits per heavy atom. The summed E-state index contributed by atoms with van der Waals surface area (Å²) in [5.41, 5.74) is -1.69. The maximum atomic E-state index is 12.8. The number of carbonyl (C=O) groups is 3. The van der Waals surface area contributed by atoms with E-state index >= 15 is 0 Å². The minimum Gasteiger partial charge on any atom is -0.336 e. The third-order valence-corrected chi connectivity index (χ3v) is 5.85. The normalized spacial score (nSPS) is 31.8. The van der Waals surface area contributed by atoms with Crippen LogP contribution >= 0.6 is 0 Å². The van der Waals surface area contributed by atoms with Crippen molar-refractivity contribution in [1.29, 1.82) is 5.26 Å². The monoisotopic (exact) mass is 332 g/mol. The lowest BCUT2D eigenvalue weighted by Crippen LogP contribution is -2.54. The summed E-state index contributed by atoms with van der Waals surface area (Å²) >= 11 is 0. The molecule has 2 saturated carbocycles. The second-order valence-corrected chi connectivity index (χ2v) is 7.39. The van der Waals surface area contributed by atoms with Gasteiger partial charge in [-0.25, -0.2) is 4.79 Å². The molecule has 2 aliphatic carbocycles. The number of nitriles is 1. The molecule has 3 rings (SSSR count). The lowest BCUT2D eigenvalue weighted by molar-refractivity contribution is -0.137. The van der Waals surface area contributed by atoms with Crippen molar-refractivity contribution in [3.05, 3.63) is 0 Å². The fraction of sp³-hybridized carbons (Fsp3) is 0.765. The molecular formula is C17H24N4O3. The number of imide groups is 1. The number of urea groups is 1. The van der Waals surface area contributed by atoms with Gasteiger partial charge in [0.15, 0.2) is 0 Å². The maximum Gasteiger partial charge on any atom is 0.325 e. The Balaban J connectivity index is 1.69. The van der Waals surface area contributed by atoms with Gasteiger partial charge in [0.2, 0.25) is 5.91 Å². The lowest BCUT2D eigenvalue weighted by Gasteiger charge is -2.36. The van der Waals surface area contributed by atoms with Gasteiger partial charge < -0.3 is 10.6 Å². The van der Waals surface area contributed by atoms with Crippen molar-refractivity contribution in [2.75, 3.05) is 6.54 Å². The van der Waals surface area contributed by atoms with Crippen LogP contribution in [0.2, 0.25) is 0 Å². The highest BCUT2D eigenvalue weighted by Gasteiger charge is 2.55. The summed E-state index contributed by atoms with van der Waals surface area (Å²) in [6, 6.07) is 1.68. The van der Waals surface area contributed by atoms with Crippen LogP contribution in [0.4, 0.5) is 4.79 Å². The Kier molecular flexibility index (Phi) is 4.24. The smallest absolute Gasteiger partial charge is 0.325 e. The number of hydrogen-bond donors (Lipinski definition) is 2. The molecule has 0 radical (unpaired) electrons. The molecule has 0 aromatic heterocycles. The third kappa shape index (κ3) is 2.64. The van der Waals surface area contributed by atoms with Crippen molar-refractivity contribution >= 4 is 17.8 Å². The summed E-state index contributed by atoms with van der Waals surface area (Å²) in [7, 11) is 0. The Bertz CT molecular complexity index is 605. The van der Waals surface area contributed by atoms with Crippen molar-refractivity contribution in [2.45, 2.75) is 69.4 Å². The molecule has 4 amide bonds. The number of hydrogen-bond acceptors (Lipinski definition) is 4. The van der Waals surface area contributed by atoms with Crippen LogP contribution in [0.15, 0.2) is 0 Å². The van der Waals surface area contributed by atoms with E-state index < -0.39 is 23.0 Å². The summed E-state index contributed by atoms with van der Waals surface area (Å²) in [5, 5.41) is 14.9. The van der Waals surface area contributed by atoms with E-state index in [2.05, 4.69) is 16.7 Å². The molecule has 1 aliphatic heterocycles. The van der Waals surface area contributed by atoms with Gasteiger partial charge in [0, 0.05) is 0 Å². The van der Waals surface area contributed by atoms with Crippen molar-refractivity contribution in [2.24, 2.45) is 5.92 Å². The molecule has 3 aliphatic rings. The third-order valence-electron chi connectivity index (χ3n) is 5.85. The van der Waals surface area contributed by atoms with Gasteiger partial charge in [0.25, 0.3) is 5.91 Å². The summed E-state index contributed by atoms with van der Waals surface area (Å²) < 4.78 is 0. The maximum absolute atomic E-state index is 12.8. The first-order valence-corrected chi connectivity index (χ1v) is 8.79. The molecule has 7 nitrogen and oxygen atoms in total. The molecule has 7 heteroatoms. The van der Waals surface area contributed by atoms with E-state index in [1.54, 1.807) is 0 Å². The Morgan fingerprint density at radius 3 is 2.58 bits per heavy atom. The molecule has 0 aromatic carbocycles. The molecule has 2 atom stereocenters. The van der Waals surface area contributed by atoms with Gasteiger partial charge in [-0.1, -0.05) is 19.8 Å². The van der Waals surface area contributed by atoms with Gasteiger partial charge in [0.1, 0.15) is 17.6 Å². The minimum atomic E-state index is -0.851. The summed E-state index contributed by atoms with van der Waals surface area (Å²) in [6.07, 6.45) is 6.51. The largest absolute Gasteiger partial charge is 0.336 e. The van der Waals surface area contributed by atoms with Gasteiger partial charge in [0.05, 0.1) is 6.07 Å². The van der Waals surface area contributed by atoms with E-state index in [9.17, 15) is 19.6 Å². The van der Waals surface area contributed by atoms with E-state index in [0.29, 0.717) is 19.3 Å². The standard InChI is InChI=1S/C17H24N4O3/c1-12-6-2-3-9-17(12)14(23)21(15(24)20-17)10-13(22)19-16(11-18)7-4-5-8-16/h12H,2-10H2,1H3,(H,19,22)(H,20,24)/t12-,17+/m0/s1. The lowest BCUT2D eigenvalue weighted by atomic mass is 9.73. The van der Waals surface area contributed by atoms with Crippen molar-refractivity contribution in [3.63, 3.8) is 0 Å². The van der Waals surface area contributed by atoms with Crippen molar-refractivity contribution < 1.29 is 14.4 Å². The first-order valence-electron chi connectivity index (χ1n) is 8.79. The van der Waals surface area contributed by atoms with Crippen LogP contribution in [0.3, 0.4) is 0 Å². The van der Waals surface area contributed by atoms with Crippen molar-refractivity contribution in [1.82, 2.24) is 15.5 Å². The Labute approximate surface area is 141 Å². The van der Waals surface area contributed by atoms with E-state index in [4.69, 9.17) is 0 Å². The number of nitrogens with zero attached hydrogens (tertiary/aromatic N) is 2. The van der Waals surface area contributed by atoms with Crippen LogP contribution < -0.4 is 10.6 Å². The molecule has 0 bridgehead atoms. The number of amides is 4.